The molecule has 25 heavy (non-hydrogen) atoms. The molecule has 0 saturated carbocycles. The Labute approximate surface area is 147 Å². The van der Waals surface area contributed by atoms with Gasteiger partial charge in [0.2, 0.25) is 5.91 Å². The van der Waals surface area contributed by atoms with Gasteiger partial charge in [0.1, 0.15) is 0 Å². The van der Waals surface area contributed by atoms with Crippen LogP contribution >= 0.6 is 0 Å². The SMILES string of the molecule is CC(=O)N1CCN(C(=O)C(C)OC(=O)Cc2c(C)nn(C)c2C)CC1. The number of hydrogen-bond acceptors (Lipinski definition) is 5. The molecule has 0 aliphatic carbocycles. The quantitative estimate of drug-likeness (QED) is 0.725. The van der Waals surface area contributed by atoms with E-state index < -0.39 is 12.1 Å². The van der Waals surface area contributed by atoms with E-state index in [0.717, 1.165) is 17.0 Å². The fraction of sp³-hybridized carbons (Fsp3) is 0.647. The van der Waals surface area contributed by atoms with Crippen molar-refractivity contribution >= 4 is 17.8 Å². The van der Waals surface area contributed by atoms with Crippen LogP contribution in [0.3, 0.4) is 0 Å². The molecule has 0 N–H and O–H groups in total. The van der Waals surface area contributed by atoms with E-state index >= 15 is 0 Å². The minimum absolute atomic E-state index is 0.00813. The van der Waals surface area contributed by atoms with Gasteiger partial charge in [-0.1, -0.05) is 0 Å². The third-order valence-electron chi connectivity index (χ3n) is 4.67. The number of aromatic nitrogens is 2. The second-order valence-electron chi connectivity index (χ2n) is 6.41. The summed E-state index contributed by atoms with van der Waals surface area (Å²) in [7, 11) is 1.82. The topological polar surface area (TPSA) is 84.7 Å². The second-order valence-corrected chi connectivity index (χ2v) is 6.41. The first-order valence-electron chi connectivity index (χ1n) is 8.43. The number of piperazine rings is 1. The van der Waals surface area contributed by atoms with E-state index in [4.69, 9.17) is 4.74 Å². The molecule has 2 rings (SSSR count). The Hall–Kier alpha value is -2.38. The molecule has 8 heteroatoms. The van der Waals surface area contributed by atoms with Crippen LogP contribution in [0.5, 0.6) is 0 Å². The van der Waals surface area contributed by atoms with Crippen LogP contribution in [0.25, 0.3) is 0 Å². The van der Waals surface area contributed by atoms with Gasteiger partial charge < -0.3 is 14.5 Å². The van der Waals surface area contributed by atoms with Crippen molar-refractivity contribution in [3.63, 3.8) is 0 Å². The summed E-state index contributed by atoms with van der Waals surface area (Å²) in [6.45, 7) is 8.78. The van der Waals surface area contributed by atoms with Gasteiger partial charge in [-0.3, -0.25) is 19.1 Å². The van der Waals surface area contributed by atoms with E-state index in [1.54, 1.807) is 21.4 Å². The van der Waals surface area contributed by atoms with Crippen LogP contribution in [0.15, 0.2) is 0 Å². The fourth-order valence-corrected chi connectivity index (χ4v) is 3.01. The number of rotatable bonds is 4. The Morgan fingerprint density at radius 3 is 2.16 bits per heavy atom. The van der Waals surface area contributed by atoms with Crippen molar-refractivity contribution in [2.24, 2.45) is 7.05 Å². The molecule has 2 heterocycles. The molecule has 1 unspecified atom stereocenters. The van der Waals surface area contributed by atoms with Crippen LogP contribution in [0, 0.1) is 13.8 Å². The predicted molar refractivity (Wildman–Crippen MR) is 90.8 cm³/mol. The second kappa shape index (κ2) is 7.67. The van der Waals surface area contributed by atoms with Gasteiger partial charge in [0.25, 0.3) is 5.91 Å². The minimum Gasteiger partial charge on any atom is -0.452 e. The zero-order valence-electron chi connectivity index (χ0n) is 15.5. The van der Waals surface area contributed by atoms with E-state index in [1.165, 1.54) is 6.92 Å². The molecule has 0 spiro atoms. The summed E-state index contributed by atoms with van der Waals surface area (Å²) in [5.74, 6) is -0.660. The zero-order valence-corrected chi connectivity index (χ0v) is 15.5. The number of hydrogen-bond donors (Lipinski definition) is 0. The molecule has 2 amide bonds. The average molecular weight is 350 g/mol. The van der Waals surface area contributed by atoms with Crippen LogP contribution < -0.4 is 0 Å². The highest BCUT2D eigenvalue weighted by Gasteiger charge is 2.28. The lowest BCUT2D eigenvalue weighted by molar-refractivity contribution is -0.159. The Bertz CT molecular complexity index is 674. The third-order valence-corrected chi connectivity index (χ3v) is 4.67. The lowest BCUT2D eigenvalue weighted by Gasteiger charge is -2.35. The maximum Gasteiger partial charge on any atom is 0.311 e. The van der Waals surface area contributed by atoms with E-state index in [-0.39, 0.29) is 18.2 Å². The van der Waals surface area contributed by atoms with Crippen LogP contribution in [0.1, 0.15) is 30.8 Å². The molecule has 1 aliphatic heterocycles. The van der Waals surface area contributed by atoms with Gasteiger partial charge in [0, 0.05) is 51.4 Å². The highest BCUT2D eigenvalue weighted by Crippen LogP contribution is 2.14. The Kier molecular flexibility index (Phi) is 5.81. The summed E-state index contributed by atoms with van der Waals surface area (Å²) in [5, 5.41) is 4.27. The summed E-state index contributed by atoms with van der Waals surface area (Å²) in [4.78, 5) is 39.3. The zero-order chi connectivity index (χ0) is 18.7. The molecule has 0 radical (unpaired) electrons. The first-order valence-corrected chi connectivity index (χ1v) is 8.43. The molecule has 1 aromatic heterocycles. The van der Waals surface area contributed by atoms with Crippen molar-refractivity contribution in [1.29, 1.82) is 0 Å². The summed E-state index contributed by atoms with van der Waals surface area (Å²) < 4.78 is 7.04. The van der Waals surface area contributed by atoms with Gasteiger partial charge in [-0.25, -0.2) is 0 Å². The molecule has 138 valence electrons. The fourth-order valence-electron chi connectivity index (χ4n) is 3.01. The average Bonchev–Trinajstić information content (AvgIpc) is 2.80. The van der Waals surface area contributed by atoms with Gasteiger partial charge in [-0.2, -0.15) is 5.10 Å². The molecular formula is C17H26N4O4. The lowest BCUT2D eigenvalue weighted by Crippen LogP contribution is -2.52. The van der Waals surface area contributed by atoms with Crippen LogP contribution in [0.2, 0.25) is 0 Å². The highest BCUT2D eigenvalue weighted by molar-refractivity contribution is 5.84. The maximum atomic E-state index is 12.4. The number of carbonyl (C=O) groups excluding carboxylic acids is 3. The first-order chi connectivity index (χ1) is 11.7. The number of ether oxygens (including phenoxy) is 1. The molecule has 1 aliphatic rings. The number of carbonyl (C=O) groups is 3. The molecule has 1 saturated heterocycles. The van der Waals surface area contributed by atoms with Crippen molar-refractivity contribution in [2.75, 3.05) is 26.2 Å². The standard InChI is InChI=1S/C17H26N4O4/c1-11-15(12(2)19(5)18-11)10-16(23)25-13(3)17(24)21-8-6-20(7-9-21)14(4)22/h13H,6-10H2,1-5H3. The van der Waals surface area contributed by atoms with Crippen molar-refractivity contribution < 1.29 is 19.1 Å². The Balaban J connectivity index is 1.88. The van der Waals surface area contributed by atoms with Gasteiger partial charge >= 0.3 is 5.97 Å². The molecule has 1 fully saturated rings. The minimum atomic E-state index is -0.839. The summed E-state index contributed by atoms with van der Waals surface area (Å²) in [6.07, 6.45) is -0.741. The smallest absolute Gasteiger partial charge is 0.311 e. The number of esters is 1. The number of aryl methyl sites for hydroxylation is 2. The Morgan fingerprint density at radius 1 is 1.12 bits per heavy atom. The normalized spacial score (nSPS) is 15.9. The van der Waals surface area contributed by atoms with Crippen molar-refractivity contribution in [3.8, 4) is 0 Å². The van der Waals surface area contributed by atoms with Crippen molar-refractivity contribution in [2.45, 2.75) is 40.2 Å². The van der Waals surface area contributed by atoms with Gasteiger partial charge in [0.15, 0.2) is 6.10 Å². The van der Waals surface area contributed by atoms with E-state index in [1.807, 2.05) is 20.9 Å². The van der Waals surface area contributed by atoms with Crippen LogP contribution in [-0.4, -0.2) is 69.6 Å². The monoisotopic (exact) mass is 350 g/mol. The highest BCUT2D eigenvalue weighted by atomic mass is 16.5. The predicted octanol–water partition coefficient (Wildman–Crippen LogP) is 0.202. The van der Waals surface area contributed by atoms with Crippen molar-refractivity contribution in [1.82, 2.24) is 19.6 Å². The van der Waals surface area contributed by atoms with Crippen LogP contribution in [0.4, 0.5) is 0 Å². The van der Waals surface area contributed by atoms with Crippen LogP contribution in [-0.2, 0) is 32.6 Å². The third kappa shape index (κ3) is 4.37. The van der Waals surface area contributed by atoms with Gasteiger partial charge in [0.05, 0.1) is 12.1 Å². The molecule has 1 atom stereocenters. The van der Waals surface area contributed by atoms with Gasteiger partial charge in [-0.05, 0) is 20.8 Å². The van der Waals surface area contributed by atoms with Gasteiger partial charge in [-0.15, -0.1) is 0 Å². The summed E-state index contributed by atoms with van der Waals surface area (Å²) in [6, 6.07) is 0. The summed E-state index contributed by atoms with van der Waals surface area (Å²) >= 11 is 0. The Morgan fingerprint density at radius 2 is 1.68 bits per heavy atom. The van der Waals surface area contributed by atoms with E-state index in [2.05, 4.69) is 5.10 Å². The van der Waals surface area contributed by atoms with Crippen molar-refractivity contribution in [3.05, 3.63) is 17.0 Å². The molecule has 1 aromatic rings. The molecule has 8 nitrogen and oxygen atoms in total. The maximum absolute atomic E-state index is 12.4. The lowest BCUT2D eigenvalue weighted by atomic mass is 10.1. The number of amides is 2. The summed E-state index contributed by atoms with van der Waals surface area (Å²) in [5.41, 5.74) is 2.53. The molecular weight excluding hydrogens is 324 g/mol. The van der Waals surface area contributed by atoms with E-state index in [0.29, 0.717) is 26.2 Å². The molecule has 0 bridgehead atoms. The first kappa shape index (κ1) is 19.0. The molecule has 0 aromatic carbocycles. The van der Waals surface area contributed by atoms with E-state index in [9.17, 15) is 14.4 Å². The largest absolute Gasteiger partial charge is 0.452 e. The number of nitrogens with zero attached hydrogens (tertiary/aromatic N) is 4.